The quantitative estimate of drug-likeness (QED) is 0.766. The summed E-state index contributed by atoms with van der Waals surface area (Å²) in [4.78, 5) is 6.78. The van der Waals surface area contributed by atoms with Gasteiger partial charge in [0.15, 0.2) is 0 Å². The monoisotopic (exact) mass is 249 g/mol. The molecule has 0 saturated carbocycles. The van der Waals surface area contributed by atoms with Gasteiger partial charge in [-0.1, -0.05) is 13.0 Å². The SMILES string of the molecule is CCNC(C)CC(C)N(C)CCc1ccccn1. The first-order valence-electron chi connectivity index (χ1n) is 6.97. The van der Waals surface area contributed by atoms with Crippen LogP contribution in [-0.4, -0.2) is 42.1 Å². The zero-order valence-electron chi connectivity index (χ0n) is 12.2. The number of hydrogen-bond donors (Lipinski definition) is 1. The number of nitrogens with zero attached hydrogens (tertiary/aromatic N) is 2. The summed E-state index contributed by atoms with van der Waals surface area (Å²) >= 11 is 0. The normalized spacial score (nSPS) is 14.7. The van der Waals surface area contributed by atoms with Gasteiger partial charge in [0.25, 0.3) is 0 Å². The largest absolute Gasteiger partial charge is 0.314 e. The van der Waals surface area contributed by atoms with E-state index in [1.165, 1.54) is 12.1 Å². The Labute approximate surface area is 112 Å². The van der Waals surface area contributed by atoms with Gasteiger partial charge in [-0.15, -0.1) is 0 Å². The van der Waals surface area contributed by atoms with Gasteiger partial charge < -0.3 is 10.2 Å². The molecule has 1 rings (SSSR count). The van der Waals surface area contributed by atoms with Crippen LogP contribution < -0.4 is 5.32 Å². The van der Waals surface area contributed by atoms with E-state index in [0.29, 0.717) is 12.1 Å². The molecule has 1 aromatic rings. The number of likely N-dealkylation sites (N-methyl/N-ethyl adjacent to an activating group) is 1. The maximum absolute atomic E-state index is 4.36. The van der Waals surface area contributed by atoms with Crippen LogP contribution in [0.5, 0.6) is 0 Å². The van der Waals surface area contributed by atoms with Crippen molar-refractivity contribution in [2.75, 3.05) is 20.1 Å². The Hall–Kier alpha value is -0.930. The number of nitrogens with one attached hydrogen (secondary N) is 1. The summed E-state index contributed by atoms with van der Waals surface area (Å²) in [6, 6.07) is 7.30. The zero-order chi connectivity index (χ0) is 13.4. The highest BCUT2D eigenvalue weighted by molar-refractivity contribution is 5.03. The molecule has 0 spiro atoms. The molecule has 0 amide bonds. The lowest BCUT2D eigenvalue weighted by atomic mass is 10.1. The molecule has 18 heavy (non-hydrogen) atoms. The van der Waals surface area contributed by atoms with Crippen molar-refractivity contribution in [2.45, 2.75) is 45.7 Å². The molecule has 3 nitrogen and oxygen atoms in total. The van der Waals surface area contributed by atoms with Crippen LogP contribution in [0.1, 0.15) is 32.9 Å². The third kappa shape index (κ3) is 5.61. The number of rotatable bonds is 8. The van der Waals surface area contributed by atoms with Gasteiger partial charge in [0.1, 0.15) is 0 Å². The summed E-state index contributed by atoms with van der Waals surface area (Å²) in [5, 5.41) is 3.47. The molecule has 1 heterocycles. The van der Waals surface area contributed by atoms with Crippen molar-refractivity contribution in [3.05, 3.63) is 30.1 Å². The lowest BCUT2D eigenvalue weighted by Gasteiger charge is -2.27. The minimum atomic E-state index is 0.585. The van der Waals surface area contributed by atoms with Crippen molar-refractivity contribution in [3.8, 4) is 0 Å². The Balaban J connectivity index is 2.29. The number of hydrogen-bond acceptors (Lipinski definition) is 3. The zero-order valence-corrected chi connectivity index (χ0v) is 12.2. The Kier molecular flexibility index (Phi) is 6.91. The molecule has 0 fully saturated rings. The van der Waals surface area contributed by atoms with Crippen LogP contribution in [0.3, 0.4) is 0 Å². The van der Waals surface area contributed by atoms with Crippen molar-refractivity contribution in [3.63, 3.8) is 0 Å². The summed E-state index contributed by atoms with van der Waals surface area (Å²) in [5.41, 5.74) is 1.18. The summed E-state index contributed by atoms with van der Waals surface area (Å²) in [6.45, 7) is 8.83. The van der Waals surface area contributed by atoms with E-state index in [4.69, 9.17) is 0 Å². The fourth-order valence-electron chi connectivity index (χ4n) is 2.18. The molecule has 0 radical (unpaired) electrons. The third-order valence-corrected chi connectivity index (χ3v) is 3.45. The van der Waals surface area contributed by atoms with Gasteiger partial charge >= 0.3 is 0 Å². The Morgan fingerprint density at radius 2 is 2.11 bits per heavy atom. The second-order valence-electron chi connectivity index (χ2n) is 5.10. The molecule has 3 heteroatoms. The average Bonchev–Trinajstić information content (AvgIpc) is 2.37. The van der Waals surface area contributed by atoms with Crippen LogP contribution in [0.4, 0.5) is 0 Å². The molecule has 0 saturated heterocycles. The molecule has 1 aromatic heterocycles. The highest BCUT2D eigenvalue weighted by Crippen LogP contribution is 2.06. The second-order valence-corrected chi connectivity index (χ2v) is 5.10. The van der Waals surface area contributed by atoms with E-state index in [0.717, 1.165) is 19.5 Å². The predicted molar refractivity (Wildman–Crippen MR) is 77.8 cm³/mol. The summed E-state index contributed by atoms with van der Waals surface area (Å²) in [5.74, 6) is 0. The molecular formula is C15H27N3. The lowest BCUT2D eigenvalue weighted by molar-refractivity contribution is 0.233. The van der Waals surface area contributed by atoms with Crippen LogP contribution in [-0.2, 0) is 6.42 Å². The van der Waals surface area contributed by atoms with Gasteiger partial charge in [-0.05, 0) is 46.0 Å². The van der Waals surface area contributed by atoms with E-state index in [2.05, 4.69) is 55.2 Å². The number of aromatic nitrogens is 1. The molecule has 0 aliphatic carbocycles. The average molecular weight is 249 g/mol. The van der Waals surface area contributed by atoms with Crippen LogP contribution in [0.25, 0.3) is 0 Å². The van der Waals surface area contributed by atoms with Gasteiger partial charge in [0, 0.05) is 36.9 Å². The van der Waals surface area contributed by atoms with Crippen LogP contribution in [0.15, 0.2) is 24.4 Å². The molecular weight excluding hydrogens is 222 g/mol. The van der Waals surface area contributed by atoms with Crippen molar-refractivity contribution >= 4 is 0 Å². The smallest absolute Gasteiger partial charge is 0.0416 e. The van der Waals surface area contributed by atoms with Crippen LogP contribution in [0, 0.1) is 0 Å². The van der Waals surface area contributed by atoms with Crippen molar-refractivity contribution in [1.29, 1.82) is 0 Å². The standard InChI is InChI=1S/C15H27N3/c1-5-16-13(2)12-14(3)18(4)11-9-15-8-6-7-10-17-15/h6-8,10,13-14,16H,5,9,11-12H2,1-4H3. The van der Waals surface area contributed by atoms with Gasteiger partial charge in [-0.25, -0.2) is 0 Å². The molecule has 1 N–H and O–H groups in total. The van der Waals surface area contributed by atoms with Crippen LogP contribution >= 0.6 is 0 Å². The minimum Gasteiger partial charge on any atom is -0.314 e. The van der Waals surface area contributed by atoms with Gasteiger partial charge in [0.05, 0.1) is 0 Å². The predicted octanol–water partition coefficient (Wildman–Crippen LogP) is 2.33. The molecule has 102 valence electrons. The van der Waals surface area contributed by atoms with Crippen molar-refractivity contribution in [2.24, 2.45) is 0 Å². The van der Waals surface area contributed by atoms with Crippen molar-refractivity contribution < 1.29 is 0 Å². The topological polar surface area (TPSA) is 28.2 Å². The van der Waals surface area contributed by atoms with E-state index in [9.17, 15) is 0 Å². The number of pyridine rings is 1. The highest BCUT2D eigenvalue weighted by atomic mass is 15.1. The maximum atomic E-state index is 4.36. The first-order chi connectivity index (χ1) is 8.63. The Morgan fingerprint density at radius 3 is 2.72 bits per heavy atom. The first kappa shape index (κ1) is 15.1. The van der Waals surface area contributed by atoms with Gasteiger partial charge in [-0.2, -0.15) is 0 Å². The molecule has 0 bridgehead atoms. The van der Waals surface area contributed by atoms with Crippen molar-refractivity contribution in [1.82, 2.24) is 15.2 Å². The Morgan fingerprint density at radius 1 is 1.33 bits per heavy atom. The Bertz CT molecular complexity index is 313. The highest BCUT2D eigenvalue weighted by Gasteiger charge is 2.12. The fourth-order valence-corrected chi connectivity index (χ4v) is 2.18. The van der Waals surface area contributed by atoms with E-state index < -0.39 is 0 Å². The lowest BCUT2D eigenvalue weighted by Crippen LogP contribution is -2.37. The molecule has 0 aliphatic rings. The first-order valence-corrected chi connectivity index (χ1v) is 6.97. The minimum absolute atomic E-state index is 0.585. The molecule has 2 unspecified atom stereocenters. The fraction of sp³-hybridized carbons (Fsp3) is 0.667. The second kappa shape index (κ2) is 8.22. The summed E-state index contributed by atoms with van der Waals surface area (Å²) in [6.07, 6.45) is 4.08. The maximum Gasteiger partial charge on any atom is 0.0416 e. The van der Waals surface area contributed by atoms with E-state index in [-0.39, 0.29) is 0 Å². The third-order valence-electron chi connectivity index (χ3n) is 3.45. The van der Waals surface area contributed by atoms with Gasteiger partial charge in [0.2, 0.25) is 0 Å². The van der Waals surface area contributed by atoms with E-state index >= 15 is 0 Å². The molecule has 0 aliphatic heterocycles. The molecule has 0 aromatic carbocycles. The molecule has 2 atom stereocenters. The summed E-state index contributed by atoms with van der Waals surface area (Å²) < 4.78 is 0. The van der Waals surface area contributed by atoms with Crippen LogP contribution in [0.2, 0.25) is 0 Å². The van der Waals surface area contributed by atoms with E-state index in [1.54, 1.807) is 0 Å². The van der Waals surface area contributed by atoms with Gasteiger partial charge in [-0.3, -0.25) is 4.98 Å². The van der Waals surface area contributed by atoms with E-state index in [1.807, 2.05) is 12.3 Å². The summed E-state index contributed by atoms with van der Waals surface area (Å²) in [7, 11) is 2.20.